The fraction of sp³-hybridized carbons (Fsp3) is 0.257. The number of hydrogen-bond acceptors (Lipinski definition) is 13. The summed E-state index contributed by atoms with van der Waals surface area (Å²) in [7, 11) is -3.74. The van der Waals surface area contributed by atoms with E-state index in [0.717, 1.165) is 35.1 Å². The summed E-state index contributed by atoms with van der Waals surface area (Å²) in [6.07, 6.45) is 3.61. The first-order valence-electron chi connectivity index (χ1n) is 15.6. The van der Waals surface area contributed by atoms with Crippen molar-refractivity contribution in [1.29, 1.82) is 0 Å². The highest BCUT2D eigenvalue weighted by Crippen LogP contribution is 2.27. The number of halogens is 4. The van der Waals surface area contributed by atoms with E-state index in [2.05, 4.69) is 19.9 Å². The van der Waals surface area contributed by atoms with Gasteiger partial charge in [-0.2, -0.15) is 4.98 Å². The van der Waals surface area contributed by atoms with Gasteiger partial charge in [0.2, 0.25) is 15.0 Å². The van der Waals surface area contributed by atoms with Crippen LogP contribution in [0.5, 0.6) is 23.0 Å². The summed E-state index contributed by atoms with van der Waals surface area (Å²) in [4.78, 5) is 41.7. The van der Waals surface area contributed by atoms with Gasteiger partial charge >= 0.3 is 0 Å². The van der Waals surface area contributed by atoms with Gasteiger partial charge in [-0.05, 0) is 56.5 Å². The molecule has 0 bridgehead atoms. The lowest BCUT2D eigenvalue weighted by Gasteiger charge is -2.14. The monoisotopic (exact) mass is 806 g/mol. The summed E-state index contributed by atoms with van der Waals surface area (Å²) in [5, 5.41) is 20.1. The number of rotatable bonds is 10. The number of aliphatic hydroxyl groups excluding tert-OH is 2. The van der Waals surface area contributed by atoms with Gasteiger partial charge in [-0.25, -0.2) is 40.9 Å². The molecule has 14 nitrogen and oxygen atoms in total. The molecule has 2 aromatic carbocycles. The second kappa shape index (κ2) is 17.4. The smallest absolute Gasteiger partial charge is 0.295 e. The molecule has 2 atom stereocenters. The van der Waals surface area contributed by atoms with Crippen LogP contribution in [-0.2, 0) is 22.9 Å². The molecule has 0 aliphatic carbocycles. The summed E-state index contributed by atoms with van der Waals surface area (Å²) >= 11 is 1.31. The molecule has 0 aliphatic rings. The first-order chi connectivity index (χ1) is 25.4. The zero-order valence-electron chi connectivity index (χ0n) is 28.7. The normalized spacial score (nSPS) is 12.4. The minimum atomic E-state index is -3.74. The molecule has 0 fully saturated rings. The third kappa shape index (κ3) is 10.0. The highest BCUT2D eigenvalue weighted by atomic mass is 32.2. The van der Waals surface area contributed by atoms with E-state index in [0.29, 0.717) is 28.3 Å². The number of hydrogen-bond donors (Lipinski definition) is 2. The average Bonchev–Trinajstić information content (AvgIpc) is 3.10. The number of ether oxygens (including phenoxy) is 2. The molecule has 20 heteroatoms. The lowest BCUT2D eigenvalue weighted by Crippen LogP contribution is -2.27. The van der Waals surface area contributed by atoms with E-state index in [1.807, 2.05) is 0 Å². The number of pyridine rings is 2. The molecule has 0 spiro atoms. The van der Waals surface area contributed by atoms with Crippen molar-refractivity contribution in [3.05, 3.63) is 105 Å². The summed E-state index contributed by atoms with van der Waals surface area (Å²) in [5.74, 6) is -4.66. The molecule has 4 aromatic heterocycles. The Morgan fingerprint density at radius 2 is 1.16 bits per heavy atom. The van der Waals surface area contributed by atoms with Crippen LogP contribution in [0.25, 0.3) is 22.1 Å². The summed E-state index contributed by atoms with van der Waals surface area (Å²) in [5.41, 5.74) is -1.07. The summed E-state index contributed by atoms with van der Waals surface area (Å²) in [6, 6.07) is 7.99. The lowest BCUT2D eigenvalue weighted by atomic mass is 10.3. The van der Waals surface area contributed by atoms with Gasteiger partial charge in [0.25, 0.3) is 11.1 Å². The Balaban J connectivity index is 0.000000241. The van der Waals surface area contributed by atoms with Crippen LogP contribution in [0.3, 0.4) is 0 Å². The van der Waals surface area contributed by atoms with Gasteiger partial charge in [0.05, 0.1) is 25.3 Å². The molecule has 0 saturated carbocycles. The molecule has 6 rings (SSSR count). The minimum Gasteiger partial charge on any atom is -0.448 e. The second-order valence-corrected chi connectivity index (χ2v) is 14.4. The van der Waals surface area contributed by atoms with Crippen molar-refractivity contribution < 1.29 is 45.7 Å². The molecule has 4 heterocycles. The maximum absolute atomic E-state index is 13.9. The van der Waals surface area contributed by atoms with Gasteiger partial charge in [0.1, 0.15) is 22.9 Å². The number of fused-ring (bicyclic) bond motifs is 2. The van der Waals surface area contributed by atoms with E-state index in [-0.39, 0.29) is 54.5 Å². The number of nitrogens with zero attached hydrogens (tertiary/aromatic N) is 6. The maximum atomic E-state index is 13.9. The quantitative estimate of drug-likeness (QED) is 0.104. The van der Waals surface area contributed by atoms with Crippen molar-refractivity contribution in [2.75, 3.05) is 12.5 Å². The van der Waals surface area contributed by atoms with Crippen LogP contribution in [0.1, 0.15) is 21.3 Å². The molecule has 0 unspecified atom stereocenters. The summed E-state index contributed by atoms with van der Waals surface area (Å²) in [6.45, 7) is 2.70. The van der Waals surface area contributed by atoms with E-state index in [4.69, 9.17) is 9.47 Å². The number of sulfone groups is 1. The van der Waals surface area contributed by atoms with Crippen molar-refractivity contribution in [2.45, 2.75) is 56.9 Å². The van der Waals surface area contributed by atoms with Gasteiger partial charge < -0.3 is 19.7 Å². The molecule has 0 amide bonds. The van der Waals surface area contributed by atoms with Gasteiger partial charge in [0, 0.05) is 41.6 Å². The number of thioether (sulfide) groups is 1. The molecule has 55 heavy (non-hydrogen) atoms. The third-order valence-corrected chi connectivity index (χ3v) is 8.60. The highest BCUT2D eigenvalue weighted by Gasteiger charge is 2.20. The molecule has 292 valence electrons. The molecular formula is C35H34F4N6O8S2. The second-order valence-electron chi connectivity index (χ2n) is 11.7. The van der Waals surface area contributed by atoms with Crippen LogP contribution in [0.15, 0.2) is 80.8 Å². The van der Waals surface area contributed by atoms with E-state index >= 15 is 0 Å². The van der Waals surface area contributed by atoms with Gasteiger partial charge in [0.15, 0.2) is 39.8 Å². The van der Waals surface area contributed by atoms with Crippen LogP contribution < -0.4 is 20.6 Å². The lowest BCUT2D eigenvalue weighted by molar-refractivity contribution is 0.172. The van der Waals surface area contributed by atoms with Gasteiger partial charge in [-0.1, -0.05) is 19.2 Å². The van der Waals surface area contributed by atoms with E-state index in [1.165, 1.54) is 54.7 Å². The minimum absolute atomic E-state index is 0. The van der Waals surface area contributed by atoms with Crippen molar-refractivity contribution >= 4 is 43.7 Å². The Hall–Kier alpha value is -5.44. The Kier molecular flexibility index (Phi) is 13.3. The fourth-order valence-electron chi connectivity index (χ4n) is 4.88. The molecule has 6 aromatic rings. The van der Waals surface area contributed by atoms with Gasteiger partial charge in [-0.15, -0.1) is 0 Å². The Labute approximate surface area is 315 Å². The van der Waals surface area contributed by atoms with Gasteiger partial charge in [-0.3, -0.25) is 18.7 Å². The van der Waals surface area contributed by atoms with Crippen LogP contribution in [0.4, 0.5) is 17.6 Å². The predicted molar refractivity (Wildman–Crippen MR) is 195 cm³/mol. The molecule has 0 aliphatic heterocycles. The highest BCUT2D eigenvalue weighted by molar-refractivity contribution is 7.98. The number of aromatic nitrogens is 6. The maximum Gasteiger partial charge on any atom is 0.295 e. The van der Waals surface area contributed by atoms with Crippen LogP contribution >= 0.6 is 11.8 Å². The molecule has 0 radical (unpaired) electrons. The van der Waals surface area contributed by atoms with Crippen molar-refractivity contribution in [2.24, 2.45) is 0 Å². The fourth-order valence-corrected chi connectivity index (χ4v) is 5.71. The third-order valence-electron chi connectivity index (χ3n) is 7.18. The average molecular weight is 807 g/mol. The largest absolute Gasteiger partial charge is 0.448 e. The topological polar surface area (TPSA) is 189 Å². The Bertz CT molecular complexity index is 2610. The first-order valence-corrected chi connectivity index (χ1v) is 18.7. The standard InChI is InChI=1S/C17H15F2N3O5S.C17H15F2N3O3S.CH4/c1-9(23)8-22-15-10(7-20-17(21-15)28(2,25)26)5-14(16(22)24)27-13-4-3-11(18)6-12(13)19;1-9(23)8-22-15-10(7-20-17(21-15)26-2)5-14(16(22)24)25-13-4-3-11(18)6-12(13)19;/h3-7,9,23H,8H2,1-2H3;3-7,9,23H,8H2,1-2H3;1H4/t2*9-;/m11./s1. The van der Waals surface area contributed by atoms with Crippen molar-refractivity contribution in [1.82, 2.24) is 29.1 Å². The Morgan fingerprint density at radius 1 is 0.727 bits per heavy atom. The zero-order valence-corrected chi connectivity index (χ0v) is 30.3. The molecular weight excluding hydrogens is 773 g/mol. The first kappa shape index (κ1) is 42.3. The number of benzene rings is 2. The molecule has 0 saturated heterocycles. The van der Waals surface area contributed by atoms with Crippen molar-refractivity contribution in [3.8, 4) is 23.0 Å². The van der Waals surface area contributed by atoms with Crippen LogP contribution in [-0.4, -0.2) is 72.4 Å². The number of aliphatic hydroxyl groups is 2. The zero-order chi connectivity index (χ0) is 39.5. The molecule has 2 N–H and O–H groups in total. The van der Waals surface area contributed by atoms with Crippen LogP contribution in [0.2, 0.25) is 0 Å². The van der Waals surface area contributed by atoms with E-state index in [1.54, 1.807) is 6.26 Å². The van der Waals surface area contributed by atoms with E-state index < -0.39 is 61.6 Å². The summed E-state index contributed by atoms with van der Waals surface area (Å²) < 4.78 is 90.2. The predicted octanol–water partition coefficient (Wildman–Crippen LogP) is 5.25. The van der Waals surface area contributed by atoms with Crippen LogP contribution in [0, 0.1) is 23.3 Å². The SMILES string of the molecule is C.CSc1ncc2cc(Oc3ccc(F)cc3F)c(=O)n(C[C@@H](C)O)c2n1.C[C@@H](O)Cn1c(=O)c(Oc2ccc(F)cc2F)cc2cnc(S(C)(=O)=O)nc21. The van der Waals surface area contributed by atoms with E-state index in [9.17, 15) is 45.8 Å². The van der Waals surface area contributed by atoms with Crippen molar-refractivity contribution in [3.63, 3.8) is 0 Å². The Morgan fingerprint density at radius 3 is 1.56 bits per heavy atom.